The molecule has 0 aliphatic rings. The lowest BCUT2D eigenvalue weighted by Crippen LogP contribution is -1.99. The van der Waals surface area contributed by atoms with Gasteiger partial charge in [0, 0.05) is 29.0 Å². The second-order valence-electron chi connectivity index (χ2n) is 3.22. The quantitative estimate of drug-likeness (QED) is 0.928. The summed E-state index contributed by atoms with van der Waals surface area (Å²) in [5.41, 5.74) is 1.74. The lowest BCUT2D eigenvalue weighted by molar-refractivity contribution is -0.136. The van der Waals surface area contributed by atoms with Gasteiger partial charge in [0.05, 0.1) is 6.42 Å². The molecule has 15 heavy (non-hydrogen) atoms. The monoisotopic (exact) mass is 268 g/mol. The van der Waals surface area contributed by atoms with Crippen molar-refractivity contribution in [1.82, 2.24) is 9.38 Å². The number of aliphatic carboxylic acids is 1. The molecule has 0 spiro atoms. The Kier molecular flexibility index (Phi) is 2.73. The van der Waals surface area contributed by atoms with Crippen molar-refractivity contribution in [3.63, 3.8) is 0 Å². The lowest BCUT2D eigenvalue weighted by atomic mass is 10.2. The molecule has 0 aromatic carbocycles. The van der Waals surface area contributed by atoms with Gasteiger partial charge in [-0.3, -0.25) is 4.79 Å². The van der Waals surface area contributed by atoms with E-state index in [1.165, 1.54) is 0 Å². The van der Waals surface area contributed by atoms with Crippen LogP contribution in [0.4, 0.5) is 0 Å². The van der Waals surface area contributed by atoms with Gasteiger partial charge in [0.25, 0.3) is 0 Å². The molecule has 0 unspecified atom stereocenters. The number of carboxylic acid groups (broad SMARTS) is 1. The van der Waals surface area contributed by atoms with E-state index in [2.05, 4.69) is 20.9 Å². The Bertz CT molecular complexity index is 507. The van der Waals surface area contributed by atoms with Crippen LogP contribution in [-0.4, -0.2) is 20.5 Å². The summed E-state index contributed by atoms with van der Waals surface area (Å²) >= 11 is 3.36. The van der Waals surface area contributed by atoms with Crippen molar-refractivity contribution in [2.24, 2.45) is 0 Å². The summed E-state index contributed by atoms with van der Waals surface area (Å²) in [5, 5.41) is 8.59. The smallest absolute Gasteiger partial charge is 0.303 e. The van der Waals surface area contributed by atoms with Gasteiger partial charge < -0.3 is 9.51 Å². The summed E-state index contributed by atoms with van der Waals surface area (Å²) in [6.07, 6.45) is 4.22. The van der Waals surface area contributed by atoms with Crippen LogP contribution in [-0.2, 0) is 11.2 Å². The first-order valence-corrected chi connectivity index (χ1v) is 5.29. The number of nitrogens with zero attached hydrogens (tertiary/aromatic N) is 2. The number of hydrogen-bond acceptors (Lipinski definition) is 2. The van der Waals surface area contributed by atoms with Crippen molar-refractivity contribution in [3.8, 4) is 0 Å². The van der Waals surface area contributed by atoms with Crippen LogP contribution in [0.1, 0.15) is 12.1 Å². The standard InChI is InChI=1S/C10H9BrN2O2/c11-7-3-4-13-8(1-2-10(14)15)6-12-9(13)5-7/h3-6H,1-2H2,(H,14,15). The van der Waals surface area contributed by atoms with Gasteiger partial charge in [-0.25, -0.2) is 4.98 Å². The van der Waals surface area contributed by atoms with E-state index < -0.39 is 5.97 Å². The number of aryl methyl sites for hydroxylation is 1. The molecular weight excluding hydrogens is 260 g/mol. The summed E-state index contributed by atoms with van der Waals surface area (Å²) < 4.78 is 2.86. The third-order valence-corrected chi connectivity index (χ3v) is 2.64. The Morgan fingerprint density at radius 1 is 1.60 bits per heavy atom. The third kappa shape index (κ3) is 2.18. The molecule has 0 bridgehead atoms. The average molecular weight is 269 g/mol. The molecule has 2 aromatic rings. The van der Waals surface area contributed by atoms with E-state index in [-0.39, 0.29) is 6.42 Å². The van der Waals surface area contributed by atoms with Crippen LogP contribution in [0, 0.1) is 0 Å². The third-order valence-electron chi connectivity index (χ3n) is 2.15. The van der Waals surface area contributed by atoms with Crippen LogP contribution >= 0.6 is 15.9 Å². The number of fused-ring (bicyclic) bond motifs is 1. The van der Waals surface area contributed by atoms with Crippen molar-refractivity contribution in [2.75, 3.05) is 0 Å². The molecule has 2 heterocycles. The van der Waals surface area contributed by atoms with Gasteiger partial charge >= 0.3 is 5.97 Å². The van der Waals surface area contributed by atoms with Gasteiger partial charge in [-0.15, -0.1) is 0 Å². The summed E-state index contributed by atoms with van der Waals surface area (Å²) in [4.78, 5) is 14.6. The number of imidazole rings is 1. The average Bonchev–Trinajstić information content (AvgIpc) is 2.57. The van der Waals surface area contributed by atoms with Gasteiger partial charge in [0.15, 0.2) is 0 Å². The first-order valence-electron chi connectivity index (χ1n) is 4.50. The Balaban J connectivity index is 2.32. The van der Waals surface area contributed by atoms with Crippen LogP contribution in [0.5, 0.6) is 0 Å². The maximum absolute atomic E-state index is 10.4. The Morgan fingerprint density at radius 2 is 2.40 bits per heavy atom. The number of aromatic nitrogens is 2. The van der Waals surface area contributed by atoms with Crippen LogP contribution in [0.15, 0.2) is 29.0 Å². The van der Waals surface area contributed by atoms with E-state index in [1.54, 1.807) is 6.20 Å². The Labute approximate surface area is 94.7 Å². The predicted molar refractivity (Wildman–Crippen MR) is 58.8 cm³/mol. The number of halogens is 1. The molecule has 0 fully saturated rings. The highest BCUT2D eigenvalue weighted by atomic mass is 79.9. The molecule has 2 aromatic heterocycles. The van der Waals surface area contributed by atoms with E-state index in [9.17, 15) is 4.79 Å². The second kappa shape index (κ2) is 4.02. The van der Waals surface area contributed by atoms with Gasteiger partial charge in [-0.1, -0.05) is 15.9 Å². The number of carboxylic acids is 1. The summed E-state index contributed by atoms with van der Waals surface area (Å²) in [6, 6.07) is 3.79. The molecule has 0 aliphatic carbocycles. The fraction of sp³-hybridized carbons (Fsp3) is 0.200. The number of carbonyl (C=O) groups is 1. The van der Waals surface area contributed by atoms with E-state index in [0.717, 1.165) is 15.8 Å². The molecule has 0 aliphatic heterocycles. The van der Waals surface area contributed by atoms with Crippen LogP contribution in [0.25, 0.3) is 5.65 Å². The first-order chi connectivity index (χ1) is 7.16. The molecular formula is C10H9BrN2O2. The number of pyridine rings is 1. The zero-order valence-corrected chi connectivity index (χ0v) is 9.44. The highest BCUT2D eigenvalue weighted by Gasteiger charge is 2.05. The normalized spacial score (nSPS) is 10.7. The van der Waals surface area contributed by atoms with Crippen LogP contribution < -0.4 is 0 Å². The topological polar surface area (TPSA) is 54.6 Å². The minimum absolute atomic E-state index is 0.129. The van der Waals surface area contributed by atoms with Gasteiger partial charge in [-0.2, -0.15) is 0 Å². The number of hydrogen-bond donors (Lipinski definition) is 1. The minimum atomic E-state index is -0.790. The molecule has 0 saturated carbocycles. The lowest BCUT2D eigenvalue weighted by Gasteiger charge is -1.99. The van der Waals surface area contributed by atoms with Crippen molar-refractivity contribution < 1.29 is 9.90 Å². The zero-order chi connectivity index (χ0) is 10.8. The summed E-state index contributed by atoms with van der Waals surface area (Å²) in [5.74, 6) is -0.790. The van der Waals surface area contributed by atoms with E-state index in [0.29, 0.717) is 6.42 Å². The van der Waals surface area contributed by atoms with Gasteiger partial charge in [-0.05, 0) is 12.1 Å². The molecule has 0 radical (unpaired) electrons. The van der Waals surface area contributed by atoms with Gasteiger partial charge in [0.1, 0.15) is 5.65 Å². The number of rotatable bonds is 3. The molecule has 78 valence electrons. The molecule has 4 nitrogen and oxygen atoms in total. The summed E-state index contributed by atoms with van der Waals surface area (Å²) in [7, 11) is 0. The molecule has 1 N–H and O–H groups in total. The largest absolute Gasteiger partial charge is 0.481 e. The van der Waals surface area contributed by atoms with Crippen molar-refractivity contribution in [3.05, 3.63) is 34.7 Å². The molecule has 5 heteroatoms. The van der Waals surface area contributed by atoms with Crippen molar-refractivity contribution >= 4 is 27.5 Å². The van der Waals surface area contributed by atoms with Gasteiger partial charge in [0.2, 0.25) is 0 Å². The van der Waals surface area contributed by atoms with E-state index in [1.807, 2.05) is 22.7 Å². The fourth-order valence-electron chi connectivity index (χ4n) is 1.43. The van der Waals surface area contributed by atoms with Crippen LogP contribution in [0.2, 0.25) is 0 Å². The van der Waals surface area contributed by atoms with Crippen molar-refractivity contribution in [1.29, 1.82) is 0 Å². The SMILES string of the molecule is O=C(O)CCc1cnc2cc(Br)ccn12. The second-order valence-corrected chi connectivity index (χ2v) is 4.13. The first kappa shape index (κ1) is 10.2. The van der Waals surface area contributed by atoms with E-state index in [4.69, 9.17) is 5.11 Å². The molecule has 0 amide bonds. The fourth-order valence-corrected chi connectivity index (χ4v) is 1.75. The molecule has 0 atom stereocenters. The van der Waals surface area contributed by atoms with E-state index >= 15 is 0 Å². The Hall–Kier alpha value is -1.36. The maximum atomic E-state index is 10.4. The predicted octanol–water partition coefficient (Wildman–Crippen LogP) is 2.11. The van der Waals surface area contributed by atoms with Crippen LogP contribution in [0.3, 0.4) is 0 Å². The highest BCUT2D eigenvalue weighted by molar-refractivity contribution is 9.10. The maximum Gasteiger partial charge on any atom is 0.303 e. The minimum Gasteiger partial charge on any atom is -0.481 e. The highest BCUT2D eigenvalue weighted by Crippen LogP contribution is 2.14. The zero-order valence-electron chi connectivity index (χ0n) is 7.85. The molecule has 2 rings (SSSR count). The summed E-state index contributed by atoms with van der Waals surface area (Å²) in [6.45, 7) is 0. The Morgan fingerprint density at radius 3 is 3.13 bits per heavy atom. The van der Waals surface area contributed by atoms with Crippen molar-refractivity contribution in [2.45, 2.75) is 12.8 Å². The molecule has 0 saturated heterocycles.